The first-order chi connectivity index (χ1) is 9.08. The van der Waals surface area contributed by atoms with Gasteiger partial charge in [0.15, 0.2) is 0 Å². The average Bonchev–Trinajstić information content (AvgIpc) is 2.93. The summed E-state index contributed by atoms with van der Waals surface area (Å²) in [5, 5.41) is 0.858. The Kier molecular flexibility index (Phi) is 2.41. The molecule has 2 heterocycles. The number of nitrogens with zero attached hydrogens (tertiary/aromatic N) is 2. The van der Waals surface area contributed by atoms with Crippen molar-refractivity contribution in [2.75, 3.05) is 5.73 Å². The Morgan fingerprint density at radius 2 is 2.16 bits per heavy atom. The van der Waals surface area contributed by atoms with Gasteiger partial charge in [-0.15, -0.1) is 0 Å². The van der Waals surface area contributed by atoms with Crippen molar-refractivity contribution >= 4 is 22.5 Å². The van der Waals surface area contributed by atoms with Gasteiger partial charge in [-0.25, -0.2) is 4.98 Å². The van der Waals surface area contributed by atoms with E-state index in [9.17, 15) is 4.79 Å². The lowest BCUT2D eigenvalue weighted by atomic mass is 10.2. The van der Waals surface area contributed by atoms with Crippen molar-refractivity contribution in [1.82, 2.24) is 9.55 Å². The lowest BCUT2D eigenvalue weighted by Crippen LogP contribution is -2.13. The molecule has 0 bridgehead atoms. The second-order valence-corrected chi connectivity index (χ2v) is 4.48. The SMILES string of the molecule is Cc1cnc(C(=O)n2c(C)cc3c(N)cccc32)o1. The molecule has 0 spiro atoms. The number of carbonyl (C=O) groups is 1. The van der Waals surface area contributed by atoms with Crippen LogP contribution in [0.1, 0.15) is 22.1 Å². The van der Waals surface area contributed by atoms with E-state index < -0.39 is 0 Å². The second kappa shape index (κ2) is 3.98. The summed E-state index contributed by atoms with van der Waals surface area (Å²) in [6.45, 7) is 3.61. The highest BCUT2D eigenvalue weighted by molar-refractivity contribution is 6.03. The van der Waals surface area contributed by atoms with Crippen molar-refractivity contribution in [3.05, 3.63) is 47.8 Å². The van der Waals surface area contributed by atoms with Crippen molar-refractivity contribution in [3.63, 3.8) is 0 Å². The fourth-order valence-corrected chi connectivity index (χ4v) is 2.20. The minimum absolute atomic E-state index is 0.0838. The van der Waals surface area contributed by atoms with E-state index in [4.69, 9.17) is 10.2 Å². The summed E-state index contributed by atoms with van der Waals surface area (Å²) in [4.78, 5) is 16.4. The van der Waals surface area contributed by atoms with E-state index in [2.05, 4.69) is 4.98 Å². The predicted molar refractivity (Wildman–Crippen MR) is 72.1 cm³/mol. The van der Waals surface area contributed by atoms with Crippen LogP contribution in [0.2, 0.25) is 0 Å². The Balaban J connectivity index is 2.23. The molecule has 1 aromatic carbocycles. The summed E-state index contributed by atoms with van der Waals surface area (Å²) in [6, 6.07) is 7.37. The molecule has 19 heavy (non-hydrogen) atoms. The van der Waals surface area contributed by atoms with Crippen molar-refractivity contribution in [2.24, 2.45) is 0 Å². The average molecular weight is 255 g/mol. The molecule has 0 saturated carbocycles. The lowest BCUT2D eigenvalue weighted by Gasteiger charge is -2.04. The van der Waals surface area contributed by atoms with Gasteiger partial charge in [-0.05, 0) is 32.0 Å². The Morgan fingerprint density at radius 1 is 1.37 bits per heavy atom. The van der Waals surface area contributed by atoms with Crippen molar-refractivity contribution in [3.8, 4) is 0 Å². The van der Waals surface area contributed by atoms with Crippen LogP contribution in [0.4, 0.5) is 5.69 Å². The van der Waals surface area contributed by atoms with Crippen molar-refractivity contribution < 1.29 is 9.21 Å². The number of rotatable bonds is 1. The van der Waals surface area contributed by atoms with E-state index in [1.54, 1.807) is 11.5 Å². The van der Waals surface area contributed by atoms with Gasteiger partial charge in [-0.1, -0.05) is 6.07 Å². The summed E-state index contributed by atoms with van der Waals surface area (Å²) in [5.74, 6) is 0.406. The van der Waals surface area contributed by atoms with Gasteiger partial charge in [-0.3, -0.25) is 9.36 Å². The zero-order valence-electron chi connectivity index (χ0n) is 10.7. The van der Waals surface area contributed by atoms with Gasteiger partial charge in [0, 0.05) is 16.8 Å². The molecular formula is C14H13N3O2. The van der Waals surface area contributed by atoms with Crippen LogP contribution in [-0.2, 0) is 0 Å². The standard InChI is InChI=1S/C14H13N3O2/c1-8-6-10-11(15)4-3-5-12(10)17(8)14(18)13-16-7-9(2)19-13/h3-7H,15H2,1-2H3. The van der Waals surface area contributed by atoms with Crippen LogP contribution < -0.4 is 5.73 Å². The molecule has 96 valence electrons. The monoisotopic (exact) mass is 255 g/mol. The topological polar surface area (TPSA) is 74.0 Å². The van der Waals surface area contributed by atoms with Gasteiger partial charge in [0.1, 0.15) is 5.76 Å². The first-order valence-corrected chi connectivity index (χ1v) is 5.91. The highest BCUT2D eigenvalue weighted by atomic mass is 16.4. The molecule has 0 amide bonds. The molecule has 2 aromatic heterocycles. The van der Waals surface area contributed by atoms with Crippen LogP contribution in [0.3, 0.4) is 0 Å². The first-order valence-electron chi connectivity index (χ1n) is 5.91. The van der Waals surface area contributed by atoms with Gasteiger partial charge >= 0.3 is 5.91 Å². The third-order valence-electron chi connectivity index (χ3n) is 3.07. The van der Waals surface area contributed by atoms with E-state index >= 15 is 0 Å². The molecule has 5 nitrogen and oxygen atoms in total. The normalized spacial score (nSPS) is 11.1. The second-order valence-electron chi connectivity index (χ2n) is 4.48. The lowest BCUT2D eigenvalue weighted by molar-refractivity contribution is 0.0927. The van der Waals surface area contributed by atoms with Gasteiger partial charge < -0.3 is 10.2 Å². The highest BCUT2D eigenvalue weighted by Gasteiger charge is 2.19. The van der Waals surface area contributed by atoms with Crippen LogP contribution in [0, 0.1) is 13.8 Å². The van der Waals surface area contributed by atoms with Gasteiger partial charge in [0.05, 0.1) is 11.7 Å². The van der Waals surface area contributed by atoms with Crippen molar-refractivity contribution in [2.45, 2.75) is 13.8 Å². The maximum Gasteiger partial charge on any atom is 0.318 e. The number of anilines is 1. The predicted octanol–water partition coefficient (Wildman–Crippen LogP) is 2.52. The summed E-state index contributed by atoms with van der Waals surface area (Å²) >= 11 is 0. The molecule has 0 saturated heterocycles. The summed E-state index contributed by atoms with van der Waals surface area (Å²) in [7, 11) is 0. The summed E-state index contributed by atoms with van der Waals surface area (Å²) in [5.41, 5.74) is 8.13. The molecule has 2 N–H and O–H groups in total. The molecule has 0 unspecified atom stereocenters. The van der Waals surface area contributed by atoms with Gasteiger partial charge in [-0.2, -0.15) is 0 Å². The zero-order chi connectivity index (χ0) is 13.6. The summed E-state index contributed by atoms with van der Waals surface area (Å²) < 4.78 is 6.86. The minimum atomic E-state index is -0.286. The Bertz CT molecular complexity index is 783. The van der Waals surface area contributed by atoms with E-state index in [-0.39, 0.29) is 11.8 Å². The molecule has 0 aliphatic heterocycles. The molecular weight excluding hydrogens is 242 g/mol. The zero-order valence-corrected chi connectivity index (χ0v) is 10.7. The number of hydrogen-bond acceptors (Lipinski definition) is 4. The first kappa shape index (κ1) is 11.5. The van der Waals surface area contributed by atoms with Crippen LogP contribution in [0.15, 0.2) is 34.9 Å². The molecule has 0 aliphatic carbocycles. The van der Waals surface area contributed by atoms with Gasteiger partial charge in [0.2, 0.25) is 0 Å². The smallest absolute Gasteiger partial charge is 0.318 e. The number of aromatic nitrogens is 2. The minimum Gasteiger partial charge on any atom is -0.438 e. The molecule has 0 radical (unpaired) electrons. The van der Waals surface area contributed by atoms with E-state index in [1.807, 2.05) is 31.2 Å². The fraction of sp³-hybridized carbons (Fsp3) is 0.143. The van der Waals surface area contributed by atoms with Crippen LogP contribution >= 0.6 is 0 Å². The van der Waals surface area contributed by atoms with E-state index in [1.165, 1.54) is 6.20 Å². The Labute approximate surface area is 109 Å². The number of aryl methyl sites for hydroxylation is 2. The molecule has 5 heteroatoms. The number of nitrogen functional groups attached to an aromatic ring is 1. The third-order valence-corrected chi connectivity index (χ3v) is 3.07. The van der Waals surface area contributed by atoms with Crippen LogP contribution in [0.5, 0.6) is 0 Å². The largest absolute Gasteiger partial charge is 0.438 e. The number of hydrogen-bond donors (Lipinski definition) is 1. The third kappa shape index (κ3) is 1.71. The van der Waals surface area contributed by atoms with Gasteiger partial charge in [0.25, 0.3) is 5.89 Å². The van der Waals surface area contributed by atoms with Crippen LogP contribution in [-0.4, -0.2) is 15.5 Å². The molecule has 3 aromatic rings. The molecule has 0 fully saturated rings. The number of fused-ring (bicyclic) bond motifs is 1. The highest BCUT2D eigenvalue weighted by Crippen LogP contribution is 2.25. The maximum absolute atomic E-state index is 12.4. The van der Waals surface area contributed by atoms with E-state index in [0.29, 0.717) is 11.4 Å². The number of carbonyl (C=O) groups excluding carboxylic acids is 1. The number of oxazole rings is 1. The fourth-order valence-electron chi connectivity index (χ4n) is 2.20. The number of nitrogens with two attached hydrogens (primary N) is 1. The Morgan fingerprint density at radius 3 is 2.84 bits per heavy atom. The Hall–Kier alpha value is -2.56. The molecule has 3 rings (SSSR count). The van der Waals surface area contributed by atoms with Crippen LogP contribution in [0.25, 0.3) is 10.9 Å². The molecule has 0 atom stereocenters. The van der Waals surface area contributed by atoms with Crippen molar-refractivity contribution in [1.29, 1.82) is 0 Å². The summed E-state index contributed by atoms with van der Waals surface area (Å²) in [6.07, 6.45) is 1.53. The maximum atomic E-state index is 12.4. The molecule has 0 aliphatic rings. The van der Waals surface area contributed by atoms with E-state index in [0.717, 1.165) is 16.6 Å². The number of benzene rings is 1. The quantitative estimate of drug-likeness (QED) is 0.678.